The zero-order valence-electron chi connectivity index (χ0n) is 11.7. The van der Waals surface area contributed by atoms with Gasteiger partial charge in [0.05, 0.1) is 27.1 Å². The molecule has 0 unspecified atom stereocenters. The molecule has 1 fully saturated rings. The number of sulfone groups is 1. The Labute approximate surface area is 123 Å². The molecule has 0 amide bonds. The van der Waals surface area contributed by atoms with Crippen LogP contribution in [-0.4, -0.2) is 31.7 Å². The van der Waals surface area contributed by atoms with Crippen LogP contribution in [0, 0.1) is 5.92 Å². The second-order valence-corrected chi connectivity index (χ2v) is 8.84. The summed E-state index contributed by atoms with van der Waals surface area (Å²) in [5.41, 5.74) is 6.38. The van der Waals surface area contributed by atoms with Crippen molar-refractivity contribution >= 4 is 37.6 Å². The second kappa shape index (κ2) is 5.73. The maximum absolute atomic E-state index is 12.0. The van der Waals surface area contributed by atoms with E-state index in [0.29, 0.717) is 23.4 Å². The molecule has 5 nitrogen and oxygen atoms in total. The molecule has 2 heterocycles. The number of nitrogen functional groups attached to an aromatic ring is 1. The largest absolute Gasteiger partial charge is 0.397 e. The van der Waals surface area contributed by atoms with Gasteiger partial charge >= 0.3 is 0 Å². The smallest absolute Gasteiger partial charge is 0.177 e. The van der Waals surface area contributed by atoms with Crippen molar-refractivity contribution in [3.63, 3.8) is 0 Å². The summed E-state index contributed by atoms with van der Waals surface area (Å²) in [6.45, 7) is 3.70. The fourth-order valence-corrected chi connectivity index (χ4v) is 4.80. The highest BCUT2D eigenvalue weighted by atomic mass is 32.2. The lowest BCUT2D eigenvalue weighted by Gasteiger charge is -2.23. The third kappa shape index (κ3) is 3.52. The predicted molar refractivity (Wildman–Crippen MR) is 83.2 cm³/mol. The molecule has 0 spiro atoms. The van der Waals surface area contributed by atoms with Gasteiger partial charge in [-0.2, -0.15) is 0 Å². The van der Waals surface area contributed by atoms with Gasteiger partial charge in [0.15, 0.2) is 5.78 Å². The van der Waals surface area contributed by atoms with E-state index in [1.54, 1.807) is 6.07 Å². The van der Waals surface area contributed by atoms with Crippen molar-refractivity contribution in [2.24, 2.45) is 5.92 Å². The van der Waals surface area contributed by atoms with E-state index in [9.17, 15) is 13.2 Å². The Morgan fingerprint density at radius 1 is 1.40 bits per heavy atom. The van der Waals surface area contributed by atoms with Crippen LogP contribution in [0.25, 0.3) is 0 Å². The number of Topliss-reactive ketones (excluding diaryl/α,β-unsaturated/α-hetero) is 1. The van der Waals surface area contributed by atoms with E-state index in [1.807, 2.05) is 13.8 Å². The lowest BCUT2D eigenvalue weighted by Crippen LogP contribution is -2.31. The van der Waals surface area contributed by atoms with Gasteiger partial charge in [-0.3, -0.25) is 4.79 Å². The van der Waals surface area contributed by atoms with Crippen molar-refractivity contribution in [2.75, 3.05) is 22.6 Å². The Balaban J connectivity index is 2.05. The average molecular weight is 316 g/mol. The van der Waals surface area contributed by atoms with Crippen molar-refractivity contribution in [2.45, 2.75) is 32.7 Å². The summed E-state index contributed by atoms with van der Waals surface area (Å²) in [6.07, 6.45) is 1.21. The summed E-state index contributed by atoms with van der Waals surface area (Å²) < 4.78 is 22.8. The number of carbonyl (C=O) groups is 1. The Bertz CT molecular complexity index is 591. The predicted octanol–water partition coefficient (Wildman–Crippen LogP) is 2.16. The van der Waals surface area contributed by atoms with E-state index < -0.39 is 9.84 Å². The minimum absolute atomic E-state index is 0.0479. The Morgan fingerprint density at radius 3 is 2.55 bits per heavy atom. The van der Waals surface area contributed by atoms with Gasteiger partial charge in [0.1, 0.15) is 9.84 Å². The van der Waals surface area contributed by atoms with Crippen molar-refractivity contribution in [3.05, 3.63) is 10.9 Å². The molecule has 1 aromatic heterocycles. The van der Waals surface area contributed by atoms with Crippen molar-refractivity contribution in [1.82, 2.24) is 0 Å². The monoisotopic (exact) mass is 316 g/mol. The summed E-state index contributed by atoms with van der Waals surface area (Å²) in [4.78, 5) is 12.6. The van der Waals surface area contributed by atoms with Crippen LogP contribution >= 0.6 is 11.3 Å². The van der Waals surface area contributed by atoms with E-state index in [0.717, 1.165) is 5.00 Å². The van der Waals surface area contributed by atoms with Crippen LogP contribution in [0.15, 0.2) is 6.07 Å². The van der Waals surface area contributed by atoms with Gasteiger partial charge in [0, 0.05) is 12.0 Å². The quantitative estimate of drug-likeness (QED) is 0.831. The molecule has 0 atom stereocenters. The first-order chi connectivity index (χ1) is 9.28. The summed E-state index contributed by atoms with van der Waals surface area (Å²) in [5.74, 6) is 0.419. The highest BCUT2D eigenvalue weighted by Gasteiger charge is 2.24. The molecule has 20 heavy (non-hydrogen) atoms. The lowest BCUT2D eigenvalue weighted by molar-refractivity contribution is 0.0944. The van der Waals surface area contributed by atoms with E-state index in [2.05, 4.69) is 5.32 Å². The second-order valence-electron chi connectivity index (χ2n) is 5.48. The maximum atomic E-state index is 12.0. The molecule has 1 aliphatic rings. The fraction of sp³-hybridized carbons (Fsp3) is 0.615. The zero-order chi connectivity index (χ0) is 14.9. The standard InChI is InChI=1S/C13H20N2O3S2/c1-8(2)12(16)13-10(14)7-11(19-13)15-9-3-5-20(17,18)6-4-9/h7-9,15H,3-6,14H2,1-2H3. The first-order valence-corrected chi connectivity index (χ1v) is 9.33. The van der Waals surface area contributed by atoms with Crippen molar-refractivity contribution < 1.29 is 13.2 Å². The number of anilines is 2. The maximum Gasteiger partial charge on any atom is 0.177 e. The lowest BCUT2D eigenvalue weighted by atomic mass is 10.1. The molecule has 0 aromatic carbocycles. The van der Waals surface area contributed by atoms with E-state index >= 15 is 0 Å². The van der Waals surface area contributed by atoms with Crippen LogP contribution in [-0.2, 0) is 9.84 Å². The number of ketones is 1. The van der Waals surface area contributed by atoms with Crippen LogP contribution in [0.4, 0.5) is 10.7 Å². The third-order valence-electron chi connectivity index (χ3n) is 3.41. The van der Waals surface area contributed by atoms with E-state index in [4.69, 9.17) is 5.73 Å². The molecule has 112 valence electrons. The molecule has 0 bridgehead atoms. The van der Waals surface area contributed by atoms with Crippen LogP contribution in [0.1, 0.15) is 36.4 Å². The molecule has 0 aliphatic carbocycles. The summed E-state index contributed by atoms with van der Waals surface area (Å²) in [6, 6.07) is 1.90. The highest BCUT2D eigenvalue weighted by molar-refractivity contribution is 7.91. The SMILES string of the molecule is CC(C)C(=O)c1sc(NC2CCS(=O)(=O)CC2)cc1N. The first-order valence-electron chi connectivity index (χ1n) is 6.69. The normalized spacial score (nSPS) is 19.1. The number of hydrogen-bond acceptors (Lipinski definition) is 6. The summed E-state index contributed by atoms with van der Waals surface area (Å²) in [5, 5.41) is 4.14. The van der Waals surface area contributed by atoms with Gasteiger partial charge in [0.25, 0.3) is 0 Å². The van der Waals surface area contributed by atoms with Crippen molar-refractivity contribution in [1.29, 1.82) is 0 Å². The minimum atomic E-state index is -2.85. The zero-order valence-corrected chi connectivity index (χ0v) is 13.3. The topological polar surface area (TPSA) is 89.3 Å². The molecule has 0 radical (unpaired) electrons. The third-order valence-corrected chi connectivity index (χ3v) is 6.22. The van der Waals surface area contributed by atoms with Gasteiger partial charge in [-0.15, -0.1) is 11.3 Å². The highest BCUT2D eigenvalue weighted by Crippen LogP contribution is 2.32. The molecule has 2 rings (SSSR count). The minimum Gasteiger partial charge on any atom is -0.397 e. The molecule has 1 aliphatic heterocycles. The van der Waals surface area contributed by atoms with Gasteiger partial charge in [-0.25, -0.2) is 8.42 Å². The molecule has 1 saturated heterocycles. The number of nitrogens with one attached hydrogen (secondary N) is 1. The number of rotatable bonds is 4. The van der Waals surface area contributed by atoms with Crippen molar-refractivity contribution in [3.8, 4) is 0 Å². The van der Waals surface area contributed by atoms with Crippen LogP contribution in [0.5, 0.6) is 0 Å². The fourth-order valence-electron chi connectivity index (χ4n) is 2.17. The molecular formula is C13H20N2O3S2. The summed E-state index contributed by atoms with van der Waals surface area (Å²) in [7, 11) is -2.85. The van der Waals surface area contributed by atoms with Gasteiger partial charge in [0.2, 0.25) is 0 Å². The Morgan fingerprint density at radius 2 is 2.00 bits per heavy atom. The molecular weight excluding hydrogens is 296 g/mol. The molecule has 0 saturated carbocycles. The average Bonchev–Trinajstić information content (AvgIpc) is 2.72. The van der Waals surface area contributed by atoms with Gasteiger partial charge in [-0.05, 0) is 18.9 Å². The van der Waals surface area contributed by atoms with E-state index in [1.165, 1.54) is 11.3 Å². The number of thiophene rings is 1. The molecule has 7 heteroatoms. The number of hydrogen-bond donors (Lipinski definition) is 2. The van der Waals surface area contributed by atoms with Crippen LogP contribution in [0.2, 0.25) is 0 Å². The van der Waals surface area contributed by atoms with Gasteiger partial charge in [-0.1, -0.05) is 13.8 Å². The van der Waals surface area contributed by atoms with E-state index in [-0.39, 0.29) is 29.2 Å². The molecule has 3 N–H and O–H groups in total. The van der Waals surface area contributed by atoms with Crippen LogP contribution < -0.4 is 11.1 Å². The Hall–Kier alpha value is -1.08. The molecule has 1 aromatic rings. The summed E-state index contributed by atoms with van der Waals surface area (Å²) >= 11 is 1.35. The number of nitrogens with two attached hydrogens (primary N) is 1. The van der Waals surface area contributed by atoms with Crippen LogP contribution in [0.3, 0.4) is 0 Å². The first kappa shape index (κ1) is 15.3. The number of carbonyl (C=O) groups excluding carboxylic acids is 1. The van der Waals surface area contributed by atoms with Gasteiger partial charge < -0.3 is 11.1 Å². The Kier molecular flexibility index (Phi) is 4.39.